The van der Waals surface area contributed by atoms with Crippen molar-refractivity contribution in [2.24, 2.45) is 11.8 Å². The normalized spacial score (nSPS) is 19.9. The minimum Gasteiger partial charge on any atom is -0.481 e. The van der Waals surface area contributed by atoms with Crippen LogP contribution in [0, 0.1) is 11.8 Å². The van der Waals surface area contributed by atoms with Gasteiger partial charge in [0.2, 0.25) is 5.91 Å². The molecule has 1 aromatic heterocycles. The summed E-state index contributed by atoms with van der Waals surface area (Å²) in [6, 6.07) is 9.73. The van der Waals surface area contributed by atoms with Gasteiger partial charge in [-0.1, -0.05) is 18.2 Å². The summed E-state index contributed by atoms with van der Waals surface area (Å²) in [5.74, 6) is -1.89. The fourth-order valence-corrected chi connectivity index (χ4v) is 2.89. The zero-order chi connectivity index (χ0) is 16.4. The van der Waals surface area contributed by atoms with Crippen molar-refractivity contribution >= 4 is 11.9 Å². The number of nitrogens with zero attached hydrogens (tertiary/aromatic N) is 3. The van der Waals surface area contributed by atoms with Gasteiger partial charge in [0.15, 0.2) is 0 Å². The second kappa shape index (κ2) is 6.24. The molecule has 1 aliphatic carbocycles. The van der Waals surface area contributed by atoms with Gasteiger partial charge in [0.25, 0.3) is 0 Å². The number of carbonyl (C=O) groups excluding carboxylic acids is 1. The van der Waals surface area contributed by atoms with Crippen LogP contribution in [0.1, 0.15) is 18.4 Å². The molecule has 3 rings (SSSR count). The number of para-hydroxylation sites is 1. The zero-order valence-corrected chi connectivity index (χ0v) is 12.9. The van der Waals surface area contributed by atoms with Crippen molar-refractivity contribution in [1.29, 1.82) is 0 Å². The average molecular weight is 313 g/mol. The molecule has 0 bridgehead atoms. The fourth-order valence-electron chi connectivity index (χ4n) is 2.89. The smallest absolute Gasteiger partial charge is 0.307 e. The Morgan fingerprint density at radius 1 is 1.26 bits per heavy atom. The Hall–Kier alpha value is -2.63. The highest BCUT2D eigenvalue weighted by Crippen LogP contribution is 2.35. The van der Waals surface area contributed by atoms with Crippen LogP contribution in [0.5, 0.6) is 0 Å². The minimum atomic E-state index is -0.875. The fraction of sp³-hybridized carbons (Fsp3) is 0.353. The summed E-state index contributed by atoms with van der Waals surface area (Å²) in [5.41, 5.74) is 1.87. The van der Waals surface area contributed by atoms with Crippen molar-refractivity contribution in [3.63, 3.8) is 0 Å². The molecular formula is C17H19N3O3. The van der Waals surface area contributed by atoms with Crippen molar-refractivity contribution in [2.45, 2.75) is 19.4 Å². The molecule has 1 saturated carbocycles. The van der Waals surface area contributed by atoms with Crippen LogP contribution in [0.15, 0.2) is 42.7 Å². The number of amides is 1. The lowest BCUT2D eigenvalue weighted by atomic mass is 9.73. The average Bonchev–Trinajstić information content (AvgIpc) is 2.95. The molecule has 1 amide bonds. The van der Waals surface area contributed by atoms with Gasteiger partial charge in [0.05, 0.1) is 23.7 Å². The number of carboxylic acids is 1. The first-order chi connectivity index (χ1) is 11.1. The molecule has 2 atom stereocenters. The lowest BCUT2D eigenvalue weighted by Crippen LogP contribution is -2.44. The van der Waals surface area contributed by atoms with Crippen LogP contribution < -0.4 is 0 Å². The molecular weight excluding hydrogens is 294 g/mol. The predicted molar refractivity (Wildman–Crippen MR) is 83.9 cm³/mol. The molecule has 23 heavy (non-hydrogen) atoms. The topological polar surface area (TPSA) is 75.4 Å². The van der Waals surface area contributed by atoms with Crippen molar-refractivity contribution in [2.75, 3.05) is 7.05 Å². The summed E-state index contributed by atoms with van der Waals surface area (Å²) >= 11 is 0. The number of benzene rings is 1. The van der Waals surface area contributed by atoms with E-state index in [1.165, 1.54) is 0 Å². The Labute approximate surface area is 134 Å². The van der Waals surface area contributed by atoms with E-state index in [2.05, 4.69) is 5.10 Å². The van der Waals surface area contributed by atoms with Crippen molar-refractivity contribution in [3.8, 4) is 5.69 Å². The highest BCUT2D eigenvalue weighted by Gasteiger charge is 2.42. The predicted octanol–water partition coefficient (Wildman–Crippen LogP) is 1.94. The van der Waals surface area contributed by atoms with E-state index in [9.17, 15) is 9.59 Å². The van der Waals surface area contributed by atoms with E-state index in [0.717, 1.165) is 11.3 Å². The molecule has 1 aromatic carbocycles. The first-order valence-corrected chi connectivity index (χ1v) is 7.63. The Balaban J connectivity index is 1.64. The zero-order valence-electron chi connectivity index (χ0n) is 12.9. The Morgan fingerprint density at radius 2 is 1.96 bits per heavy atom. The molecule has 0 aliphatic heterocycles. The third kappa shape index (κ3) is 3.11. The van der Waals surface area contributed by atoms with Gasteiger partial charge >= 0.3 is 5.97 Å². The van der Waals surface area contributed by atoms with Crippen molar-refractivity contribution in [3.05, 3.63) is 48.3 Å². The van der Waals surface area contributed by atoms with Crippen LogP contribution in [-0.4, -0.2) is 38.7 Å². The number of carboxylic acid groups (broad SMARTS) is 1. The largest absolute Gasteiger partial charge is 0.481 e. The first kappa shape index (κ1) is 15.3. The van der Waals surface area contributed by atoms with Crippen LogP contribution in [0.25, 0.3) is 5.69 Å². The maximum absolute atomic E-state index is 12.4. The van der Waals surface area contributed by atoms with E-state index in [4.69, 9.17) is 5.11 Å². The summed E-state index contributed by atoms with van der Waals surface area (Å²) in [5, 5.41) is 13.4. The molecule has 6 nitrogen and oxygen atoms in total. The number of aromatic nitrogens is 2. The molecule has 2 aromatic rings. The molecule has 2 unspecified atom stereocenters. The molecule has 1 aliphatic rings. The summed E-state index contributed by atoms with van der Waals surface area (Å²) in [6.07, 6.45) is 4.86. The van der Waals surface area contributed by atoms with E-state index >= 15 is 0 Å². The third-order valence-corrected chi connectivity index (χ3v) is 4.36. The number of rotatable bonds is 5. The van der Waals surface area contributed by atoms with Gasteiger partial charge in [-0.3, -0.25) is 9.59 Å². The molecule has 1 fully saturated rings. The first-order valence-electron chi connectivity index (χ1n) is 7.63. The van der Waals surface area contributed by atoms with Gasteiger partial charge in [-0.05, 0) is 25.0 Å². The maximum Gasteiger partial charge on any atom is 0.307 e. The number of hydrogen-bond acceptors (Lipinski definition) is 3. The van der Waals surface area contributed by atoms with Crippen LogP contribution >= 0.6 is 0 Å². The van der Waals surface area contributed by atoms with Gasteiger partial charge in [-0.2, -0.15) is 5.10 Å². The van der Waals surface area contributed by atoms with E-state index in [0.29, 0.717) is 19.4 Å². The monoisotopic (exact) mass is 313 g/mol. The highest BCUT2D eigenvalue weighted by atomic mass is 16.4. The number of aliphatic carboxylic acids is 1. The van der Waals surface area contributed by atoms with Crippen LogP contribution in [0.4, 0.5) is 0 Å². The molecule has 1 N–H and O–H groups in total. The second-order valence-electron chi connectivity index (χ2n) is 5.95. The maximum atomic E-state index is 12.4. The van der Waals surface area contributed by atoms with Crippen molar-refractivity contribution in [1.82, 2.24) is 14.7 Å². The van der Waals surface area contributed by atoms with E-state index in [1.807, 2.05) is 36.5 Å². The van der Waals surface area contributed by atoms with Crippen LogP contribution in [-0.2, 0) is 16.1 Å². The van der Waals surface area contributed by atoms with Gasteiger partial charge in [0, 0.05) is 25.4 Å². The second-order valence-corrected chi connectivity index (χ2v) is 5.95. The molecule has 0 saturated heterocycles. The minimum absolute atomic E-state index is 0.101. The van der Waals surface area contributed by atoms with Crippen LogP contribution in [0.3, 0.4) is 0 Å². The number of hydrogen-bond donors (Lipinski definition) is 1. The van der Waals surface area contributed by atoms with E-state index in [-0.39, 0.29) is 11.8 Å². The lowest BCUT2D eigenvalue weighted by Gasteiger charge is -2.34. The van der Waals surface area contributed by atoms with Crippen LogP contribution in [0.2, 0.25) is 0 Å². The molecule has 0 radical (unpaired) electrons. The van der Waals surface area contributed by atoms with Gasteiger partial charge in [0.1, 0.15) is 0 Å². The molecule has 0 spiro atoms. The SMILES string of the molecule is CN(Cc1cnn(-c2ccccc2)c1)C(=O)C1CCC1C(=O)O. The van der Waals surface area contributed by atoms with Gasteiger partial charge < -0.3 is 10.0 Å². The molecule has 120 valence electrons. The summed E-state index contributed by atoms with van der Waals surface area (Å²) in [7, 11) is 1.71. The third-order valence-electron chi connectivity index (χ3n) is 4.36. The van der Waals surface area contributed by atoms with Crippen molar-refractivity contribution < 1.29 is 14.7 Å². The quantitative estimate of drug-likeness (QED) is 0.915. The van der Waals surface area contributed by atoms with E-state index < -0.39 is 11.9 Å². The lowest BCUT2D eigenvalue weighted by molar-refractivity contribution is -0.156. The highest BCUT2D eigenvalue weighted by molar-refractivity contribution is 5.86. The standard InChI is InChI=1S/C17H19N3O3/c1-19(16(21)14-7-8-15(14)17(22)23)10-12-9-18-20(11-12)13-5-3-2-4-6-13/h2-6,9,11,14-15H,7-8,10H2,1H3,(H,22,23). The number of carbonyl (C=O) groups is 2. The summed E-state index contributed by atoms with van der Waals surface area (Å²) < 4.78 is 1.76. The van der Waals surface area contributed by atoms with Gasteiger partial charge in [-0.25, -0.2) is 4.68 Å². The summed E-state index contributed by atoms with van der Waals surface area (Å²) in [6.45, 7) is 0.425. The Bertz CT molecular complexity index is 711. The Morgan fingerprint density at radius 3 is 2.57 bits per heavy atom. The Kier molecular flexibility index (Phi) is 4.14. The van der Waals surface area contributed by atoms with E-state index in [1.54, 1.807) is 22.8 Å². The molecule has 1 heterocycles. The summed E-state index contributed by atoms with van der Waals surface area (Å²) in [4.78, 5) is 25.0. The molecule has 6 heteroatoms. The van der Waals surface area contributed by atoms with Gasteiger partial charge in [-0.15, -0.1) is 0 Å².